The molecule has 128 valence electrons. The Kier molecular flexibility index (Phi) is 4.46. The largest absolute Gasteiger partial charge is 0.337 e. The highest BCUT2D eigenvalue weighted by atomic mass is 16.2. The van der Waals surface area contributed by atoms with Crippen molar-refractivity contribution >= 4 is 16.8 Å². The van der Waals surface area contributed by atoms with Gasteiger partial charge in [-0.2, -0.15) is 5.10 Å². The van der Waals surface area contributed by atoms with Crippen molar-refractivity contribution in [3.05, 3.63) is 60.0 Å². The maximum atomic E-state index is 12.5. The summed E-state index contributed by atoms with van der Waals surface area (Å²) >= 11 is 0. The molecular weight excluding hydrogens is 312 g/mol. The molecule has 1 amide bonds. The van der Waals surface area contributed by atoms with Crippen molar-refractivity contribution in [3.8, 4) is 0 Å². The number of pyridine rings is 1. The molecule has 0 saturated carbocycles. The standard InChI is InChI=1S/C20H22N4O/c25-20(19-8-11-22-23-19)24-12-3-4-15(9-13-24)14-16-5-1-7-18-17(16)6-2-10-21-18/h1-2,5-8,10-11,15H,3-4,9,12-14H2,(H,22,23)/t15-/m1/s1. The first-order valence-electron chi connectivity index (χ1n) is 8.92. The van der Waals surface area contributed by atoms with Gasteiger partial charge < -0.3 is 4.90 Å². The molecule has 0 radical (unpaired) electrons. The summed E-state index contributed by atoms with van der Waals surface area (Å²) in [6.45, 7) is 1.64. The normalized spacial score (nSPS) is 18.2. The highest BCUT2D eigenvalue weighted by Gasteiger charge is 2.22. The number of hydrogen-bond acceptors (Lipinski definition) is 3. The molecule has 0 aliphatic carbocycles. The number of nitrogens with one attached hydrogen (secondary N) is 1. The average Bonchev–Trinajstić information content (AvgIpc) is 3.09. The van der Waals surface area contributed by atoms with Gasteiger partial charge in [-0.3, -0.25) is 14.9 Å². The minimum atomic E-state index is 0.0625. The molecule has 1 aliphatic rings. The molecule has 2 aromatic heterocycles. The van der Waals surface area contributed by atoms with Crippen LogP contribution in [0.4, 0.5) is 0 Å². The number of rotatable bonds is 3. The SMILES string of the molecule is O=C(c1ccn[nH]1)N1CCC[C@@H](Cc2cccc3ncccc23)CC1. The van der Waals surface area contributed by atoms with Gasteiger partial charge in [-0.15, -0.1) is 0 Å². The number of fused-ring (bicyclic) bond motifs is 1. The molecule has 1 atom stereocenters. The van der Waals surface area contributed by atoms with E-state index in [0.29, 0.717) is 11.6 Å². The van der Waals surface area contributed by atoms with E-state index in [1.807, 2.05) is 17.2 Å². The van der Waals surface area contributed by atoms with Gasteiger partial charge in [0.2, 0.25) is 0 Å². The predicted molar refractivity (Wildman–Crippen MR) is 97.3 cm³/mol. The van der Waals surface area contributed by atoms with Crippen LogP contribution < -0.4 is 0 Å². The summed E-state index contributed by atoms with van der Waals surface area (Å²) in [5.74, 6) is 0.665. The molecule has 3 aromatic rings. The van der Waals surface area contributed by atoms with Gasteiger partial charge in [0, 0.05) is 30.9 Å². The van der Waals surface area contributed by atoms with Gasteiger partial charge in [-0.1, -0.05) is 18.2 Å². The van der Waals surface area contributed by atoms with Crippen LogP contribution in [-0.4, -0.2) is 39.1 Å². The number of carbonyl (C=O) groups is 1. The molecule has 0 unspecified atom stereocenters. The first kappa shape index (κ1) is 15.8. The van der Waals surface area contributed by atoms with E-state index in [1.54, 1.807) is 12.3 Å². The van der Waals surface area contributed by atoms with Gasteiger partial charge in [0.1, 0.15) is 5.69 Å². The lowest BCUT2D eigenvalue weighted by Gasteiger charge is -2.20. The second kappa shape index (κ2) is 7.05. The molecular formula is C20H22N4O. The molecule has 1 N–H and O–H groups in total. The van der Waals surface area contributed by atoms with E-state index in [2.05, 4.69) is 39.4 Å². The van der Waals surface area contributed by atoms with Gasteiger partial charge in [0.15, 0.2) is 0 Å². The third-order valence-electron chi connectivity index (χ3n) is 5.11. The van der Waals surface area contributed by atoms with Gasteiger partial charge in [0.25, 0.3) is 5.91 Å². The molecule has 4 rings (SSSR count). The number of likely N-dealkylation sites (tertiary alicyclic amines) is 1. The minimum absolute atomic E-state index is 0.0625. The number of aromatic amines is 1. The van der Waals surface area contributed by atoms with Crippen molar-refractivity contribution in [2.45, 2.75) is 25.7 Å². The van der Waals surface area contributed by atoms with Crippen molar-refractivity contribution in [2.24, 2.45) is 5.92 Å². The Morgan fingerprint density at radius 1 is 1.12 bits per heavy atom. The summed E-state index contributed by atoms with van der Waals surface area (Å²) in [4.78, 5) is 18.9. The van der Waals surface area contributed by atoms with Gasteiger partial charge in [-0.25, -0.2) is 0 Å². The minimum Gasteiger partial charge on any atom is -0.337 e. The van der Waals surface area contributed by atoms with Crippen LogP contribution in [0.5, 0.6) is 0 Å². The zero-order valence-electron chi connectivity index (χ0n) is 14.2. The Morgan fingerprint density at radius 2 is 2.08 bits per heavy atom. The third kappa shape index (κ3) is 3.40. The molecule has 0 bridgehead atoms. The fourth-order valence-corrected chi connectivity index (χ4v) is 3.77. The number of benzene rings is 1. The van der Waals surface area contributed by atoms with Crippen LogP contribution >= 0.6 is 0 Å². The van der Waals surface area contributed by atoms with Crippen LogP contribution in [-0.2, 0) is 6.42 Å². The van der Waals surface area contributed by atoms with Crippen LogP contribution in [0.2, 0.25) is 0 Å². The van der Waals surface area contributed by atoms with E-state index in [-0.39, 0.29) is 5.91 Å². The smallest absolute Gasteiger partial charge is 0.271 e. The van der Waals surface area contributed by atoms with Gasteiger partial charge in [0.05, 0.1) is 5.52 Å². The number of hydrogen-bond donors (Lipinski definition) is 1. The summed E-state index contributed by atoms with van der Waals surface area (Å²) in [5, 5.41) is 7.91. The quantitative estimate of drug-likeness (QED) is 0.798. The van der Waals surface area contributed by atoms with Crippen molar-refractivity contribution < 1.29 is 4.79 Å². The third-order valence-corrected chi connectivity index (χ3v) is 5.11. The van der Waals surface area contributed by atoms with Crippen LogP contribution in [0, 0.1) is 5.92 Å². The second-order valence-corrected chi connectivity index (χ2v) is 6.75. The zero-order chi connectivity index (χ0) is 17.1. The molecule has 1 saturated heterocycles. The van der Waals surface area contributed by atoms with Crippen molar-refractivity contribution in [1.82, 2.24) is 20.1 Å². The maximum absolute atomic E-state index is 12.5. The summed E-state index contributed by atoms with van der Waals surface area (Å²) < 4.78 is 0. The van der Waals surface area contributed by atoms with Gasteiger partial charge in [-0.05, 0) is 55.4 Å². The summed E-state index contributed by atoms with van der Waals surface area (Å²) in [7, 11) is 0. The Labute approximate surface area is 147 Å². The molecule has 25 heavy (non-hydrogen) atoms. The number of carbonyl (C=O) groups excluding carboxylic acids is 1. The average molecular weight is 334 g/mol. The maximum Gasteiger partial charge on any atom is 0.271 e. The van der Waals surface area contributed by atoms with Crippen molar-refractivity contribution in [2.75, 3.05) is 13.1 Å². The van der Waals surface area contributed by atoms with Gasteiger partial charge >= 0.3 is 0 Å². The Balaban J connectivity index is 1.45. The van der Waals surface area contributed by atoms with Crippen LogP contribution in [0.3, 0.4) is 0 Å². The van der Waals surface area contributed by atoms with E-state index in [1.165, 1.54) is 10.9 Å². The van der Waals surface area contributed by atoms with E-state index in [4.69, 9.17) is 0 Å². The van der Waals surface area contributed by atoms with E-state index in [9.17, 15) is 4.79 Å². The number of nitrogens with zero attached hydrogens (tertiary/aromatic N) is 3. The molecule has 0 spiro atoms. The fraction of sp³-hybridized carbons (Fsp3) is 0.350. The Bertz CT molecular complexity index is 854. The van der Waals surface area contributed by atoms with Crippen LogP contribution in [0.25, 0.3) is 10.9 Å². The Morgan fingerprint density at radius 3 is 2.96 bits per heavy atom. The number of H-pyrrole nitrogens is 1. The number of aromatic nitrogens is 3. The monoisotopic (exact) mass is 334 g/mol. The predicted octanol–water partition coefficient (Wildman–Crippen LogP) is 3.44. The summed E-state index contributed by atoms with van der Waals surface area (Å²) in [5.41, 5.74) is 3.01. The highest BCUT2D eigenvalue weighted by Crippen LogP contribution is 2.26. The highest BCUT2D eigenvalue weighted by molar-refractivity contribution is 5.92. The van der Waals surface area contributed by atoms with E-state index >= 15 is 0 Å². The Hall–Kier alpha value is -2.69. The summed E-state index contributed by atoms with van der Waals surface area (Å²) in [6.07, 6.45) is 7.77. The molecule has 3 heterocycles. The van der Waals surface area contributed by atoms with E-state index in [0.717, 1.165) is 44.3 Å². The molecule has 5 nitrogen and oxygen atoms in total. The molecule has 5 heteroatoms. The van der Waals surface area contributed by atoms with Crippen LogP contribution in [0.15, 0.2) is 48.8 Å². The first-order valence-corrected chi connectivity index (χ1v) is 8.92. The molecule has 1 aliphatic heterocycles. The van der Waals surface area contributed by atoms with Crippen molar-refractivity contribution in [1.29, 1.82) is 0 Å². The lowest BCUT2D eigenvalue weighted by molar-refractivity contribution is 0.0754. The first-order chi connectivity index (χ1) is 12.3. The van der Waals surface area contributed by atoms with Crippen LogP contribution in [0.1, 0.15) is 35.3 Å². The lowest BCUT2D eigenvalue weighted by atomic mass is 9.91. The lowest BCUT2D eigenvalue weighted by Crippen LogP contribution is -2.32. The zero-order valence-corrected chi connectivity index (χ0v) is 14.2. The number of amides is 1. The fourth-order valence-electron chi connectivity index (χ4n) is 3.77. The second-order valence-electron chi connectivity index (χ2n) is 6.75. The summed E-state index contributed by atoms with van der Waals surface area (Å²) in [6, 6.07) is 12.3. The van der Waals surface area contributed by atoms with E-state index < -0.39 is 0 Å². The molecule has 1 aromatic carbocycles. The molecule has 1 fully saturated rings. The topological polar surface area (TPSA) is 61.9 Å². The van der Waals surface area contributed by atoms with Crippen molar-refractivity contribution in [3.63, 3.8) is 0 Å².